The zero-order valence-corrected chi connectivity index (χ0v) is 18.8. The molecule has 1 amide bonds. The third-order valence-corrected chi connectivity index (χ3v) is 5.85. The van der Waals surface area contributed by atoms with Crippen molar-refractivity contribution in [2.24, 2.45) is 0 Å². The van der Waals surface area contributed by atoms with Crippen LogP contribution in [0.25, 0.3) is 10.9 Å². The first-order valence-electron chi connectivity index (χ1n) is 9.82. The summed E-state index contributed by atoms with van der Waals surface area (Å²) in [7, 11) is 1.60. The van der Waals surface area contributed by atoms with Crippen molar-refractivity contribution in [1.82, 2.24) is 9.55 Å². The second-order valence-electron chi connectivity index (χ2n) is 7.50. The van der Waals surface area contributed by atoms with Gasteiger partial charge in [-0.1, -0.05) is 41.6 Å². The van der Waals surface area contributed by atoms with E-state index in [9.17, 15) is 9.59 Å². The number of methoxy groups -OCH3 is 1. The number of rotatable bonds is 7. The van der Waals surface area contributed by atoms with Crippen LogP contribution in [0.5, 0.6) is 0 Å². The van der Waals surface area contributed by atoms with E-state index in [1.807, 2.05) is 58.0 Å². The maximum Gasteiger partial charge on any atom is 0.262 e. The highest BCUT2D eigenvalue weighted by atomic mass is 32.2. The molecule has 0 radical (unpaired) electrons. The molecule has 0 saturated heterocycles. The second kappa shape index (κ2) is 9.45. The van der Waals surface area contributed by atoms with Crippen LogP contribution in [-0.4, -0.2) is 34.9 Å². The van der Waals surface area contributed by atoms with E-state index in [0.29, 0.717) is 22.7 Å². The smallest absolute Gasteiger partial charge is 0.262 e. The minimum absolute atomic E-state index is 0.127. The zero-order chi connectivity index (χ0) is 21.8. The number of hydrogen-bond acceptors (Lipinski definition) is 5. The van der Waals surface area contributed by atoms with Crippen molar-refractivity contribution >= 4 is 34.3 Å². The van der Waals surface area contributed by atoms with Gasteiger partial charge < -0.3 is 10.1 Å². The summed E-state index contributed by atoms with van der Waals surface area (Å²) in [6, 6.07) is 11.1. The molecule has 2 aromatic carbocycles. The van der Waals surface area contributed by atoms with Crippen molar-refractivity contribution in [2.45, 2.75) is 38.9 Å². The van der Waals surface area contributed by atoms with Gasteiger partial charge in [0.1, 0.15) is 0 Å². The Labute approximate surface area is 180 Å². The molecule has 1 atom stereocenters. The summed E-state index contributed by atoms with van der Waals surface area (Å²) in [5, 5.41) is 4.07. The maximum absolute atomic E-state index is 13.1. The molecular formula is C23H27N3O3S. The molecule has 3 aromatic rings. The number of fused-ring (bicyclic) bond motifs is 1. The molecule has 0 fully saturated rings. The lowest BCUT2D eigenvalue weighted by Crippen LogP contribution is -2.29. The van der Waals surface area contributed by atoms with E-state index in [2.05, 4.69) is 10.3 Å². The average molecular weight is 426 g/mol. The number of nitrogens with zero attached hydrogens (tertiary/aromatic N) is 2. The summed E-state index contributed by atoms with van der Waals surface area (Å²) in [6.07, 6.45) is 0. The first-order valence-corrected chi connectivity index (χ1v) is 10.8. The summed E-state index contributed by atoms with van der Waals surface area (Å²) >= 11 is 1.26. The highest BCUT2D eigenvalue weighted by Crippen LogP contribution is 2.24. The predicted molar refractivity (Wildman–Crippen MR) is 123 cm³/mol. The van der Waals surface area contributed by atoms with Gasteiger partial charge in [-0.25, -0.2) is 4.98 Å². The number of aryl methyl sites for hydroxylation is 3. The van der Waals surface area contributed by atoms with Crippen molar-refractivity contribution in [3.8, 4) is 0 Å². The Morgan fingerprint density at radius 2 is 1.87 bits per heavy atom. The lowest BCUT2D eigenvalue weighted by Gasteiger charge is -2.19. The molecule has 158 valence electrons. The van der Waals surface area contributed by atoms with Crippen molar-refractivity contribution in [3.05, 3.63) is 63.4 Å². The van der Waals surface area contributed by atoms with Crippen molar-refractivity contribution in [2.75, 3.05) is 24.8 Å². The number of benzene rings is 2. The minimum atomic E-state index is -0.202. The fourth-order valence-corrected chi connectivity index (χ4v) is 4.51. The standard InChI is InChI=1S/C23H27N3O3S/c1-14-10-15(2)21(16(3)11-14)25-20(27)13-30-23-24-19-9-7-6-8-18(19)22(28)26(23)17(4)12-29-5/h6-11,17H,12-13H2,1-5H3,(H,25,27). The van der Waals surface area contributed by atoms with Gasteiger partial charge in [-0.15, -0.1) is 0 Å². The fourth-order valence-electron chi connectivity index (χ4n) is 3.61. The molecule has 7 heteroatoms. The predicted octanol–water partition coefficient (Wildman–Crippen LogP) is 4.26. The number of thioether (sulfide) groups is 1. The van der Waals surface area contributed by atoms with Crippen LogP contribution in [0.3, 0.4) is 0 Å². The van der Waals surface area contributed by atoms with Gasteiger partial charge in [0.2, 0.25) is 5.91 Å². The molecule has 3 rings (SSSR count). The number of carbonyl (C=O) groups is 1. The van der Waals surface area contributed by atoms with Crippen LogP contribution in [0, 0.1) is 20.8 Å². The summed E-state index contributed by atoms with van der Waals surface area (Å²) < 4.78 is 6.86. The lowest BCUT2D eigenvalue weighted by molar-refractivity contribution is -0.113. The molecule has 0 spiro atoms. The largest absolute Gasteiger partial charge is 0.383 e. The Hall–Kier alpha value is -2.64. The fraction of sp³-hybridized carbons (Fsp3) is 0.348. The van der Waals surface area contributed by atoms with E-state index in [1.54, 1.807) is 17.7 Å². The monoisotopic (exact) mass is 425 g/mol. The Kier molecular flexibility index (Phi) is 6.95. The van der Waals surface area contributed by atoms with Crippen molar-refractivity contribution < 1.29 is 9.53 Å². The van der Waals surface area contributed by atoms with Gasteiger partial charge in [0.15, 0.2) is 5.16 Å². The number of nitrogens with one attached hydrogen (secondary N) is 1. The van der Waals surface area contributed by atoms with E-state index in [1.165, 1.54) is 11.8 Å². The molecule has 30 heavy (non-hydrogen) atoms. The maximum atomic E-state index is 13.1. The van der Waals surface area contributed by atoms with Crippen LogP contribution >= 0.6 is 11.8 Å². The number of carbonyl (C=O) groups excluding carboxylic acids is 1. The van der Waals surface area contributed by atoms with Gasteiger partial charge >= 0.3 is 0 Å². The quantitative estimate of drug-likeness (QED) is 0.452. The summed E-state index contributed by atoms with van der Waals surface area (Å²) in [6.45, 7) is 8.29. The highest BCUT2D eigenvalue weighted by molar-refractivity contribution is 7.99. The normalized spacial score (nSPS) is 12.2. The number of aromatic nitrogens is 2. The Balaban J connectivity index is 1.87. The Morgan fingerprint density at radius 1 is 1.20 bits per heavy atom. The van der Waals surface area contributed by atoms with E-state index < -0.39 is 0 Å². The Morgan fingerprint density at radius 3 is 2.53 bits per heavy atom. The van der Waals surface area contributed by atoms with Crippen LogP contribution in [-0.2, 0) is 9.53 Å². The van der Waals surface area contributed by atoms with Gasteiger partial charge in [-0.2, -0.15) is 0 Å². The minimum Gasteiger partial charge on any atom is -0.383 e. The molecule has 0 bridgehead atoms. The average Bonchev–Trinajstić information content (AvgIpc) is 2.69. The van der Waals surface area contributed by atoms with Gasteiger partial charge in [0.25, 0.3) is 5.56 Å². The lowest BCUT2D eigenvalue weighted by atomic mass is 10.1. The van der Waals surface area contributed by atoms with E-state index in [-0.39, 0.29) is 23.3 Å². The number of amides is 1. The molecule has 0 aliphatic rings. The molecule has 0 aliphatic carbocycles. The van der Waals surface area contributed by atoms with E-state index in [0.717, 1.165) is 22.4 Å². The molecule has 1 unspecified atom stereocenters. The Bertz CT molecular complexity index is 1120. The third-order valence-electron chi connectivity index (χ3n) is 4.90. The molecular weight excluding hydrogens is 398 g/mol. The molecule has 0 aliphatic heterocycles. The van der Waals surface area contributed by atoms with Crippen LogP contribution in [0.15, 0.2) is 46.3 Å². The first-order chi connectivity index (χ1) is 14.3. The van der Waals surface area contributed by atoms with Gasteiger partial charge in [0.05, 0.1) is 29.3 Å². The van der Waals surface area contributed by atoms with Crippen LogP contribution < -0.4 is 10.9 Å². The second-order valence-corrected chi connectivity index (χ2v) is 8.44. The highest BCUT2D eigenvalue weighted by Gasteiger charge is 2.18. The van der Waals surface area contributed by atoms with E-state index in [4.69, 9.17) is 4.74 Å². The van der Waals surface area contributed by atoms with E-state index >= 15 is 0 Å². The molecule has 1 N–H and O–H groups in total. The molecule has 1 heterocycles. The third kappa shape index (κ3) is 4.74. The summed E-state index contributed by atoms with van der Waals surface area (Å²) in [5.41, 5.74) is 4.55. The molecule has 6 nitrogen and oxygen atoms in total. The molecule has 0 saturated carbocycles. The number of anilines is 1. The SMILES string of the molecule is COCC(C)n1c(SCC(=O)Nc2c(C)cc(C)cc2C)nc2ccccc2c1=O. The zero-order valence-electron chi connectivity index (χ0n) is 18.0. The molecule has 1 aromatic heterocycles. The number of ether oxygens (including phenoxy) is 1. The van der Waals surface area contributed by atoms with Gasteiger partial charge in [-0.05, 0) is 51.0 Å². The topological polar surface area (TPSA) is 73.2 Å². The van der Waals surface area contributed by atoms with Gasteiger partial charge in [-0.3, -0.25) is 14.2 Å². The number of hydrogen-bond donors (Lipinski definition) is 1. The van der Waals surface area contributed by atoms with Crippen LogP contribution in [0.4, 0.5) is 5.69 Å². The van der Waals surface area contributed by atoms with Crippen LogP contribution in [0.1, 0.15) is 29.7 Å². The van der Waals surface area contributed by atoms with Crippen molar-refractivity contribution in [3.63, 3.8) is 0 Å². The first kappa shape index (κ1) is 22.1. The number of para-hydroxylation sites is 1. The van der Waals surface area contributed by atoms with Gasteiger partial charge in [0, 0.05) is 12.8 Å². The summed E-state index contributed by atoms with van der Waals surface area (Å²) in [4.78, 5) is 30.4. The summed E-state index contributed by atoms with van der Waals surface area (Å²) in [5.74, 6) is 0.0143. The van der Waals surface area contributed by atoms with Crippen molar-refractivity contribution in [1.29, 1.82) is 0 Å². The van der Waals surface area contributed by atoms with Crippen LogP contribution in [0.2, 0.25) is 0 Å².